The van der Waals surface area contributed by atoms with Gasteiger partial charge in [-0.25, -0.2) is 8.42 Å². The number of ether oxygens (including phenoxy) is 2. The van der Waals surface area contributed by atoms with Crippen molar-refractivity contribution in [1.29, 1.82) is 0 Å². The van der Waals surface area contributed by atoms with E-state index in [1.165, 1.54) is 11.4 Å². The Morgan fingerprint density at radius 3 is 2.73 bits per heavy atom. The van der Waals surface area contributed by atoms with Crippen LogP contribution < -0.4 is 9.04 Å². The van der Waals surface area contributed by atoms with E-state index in [1.807, 2.05) is 51.9 Å². The zero-order valence-corrected chi connectivity index (χ0v) is 22.8. The average Bonchev–Trinajstić information content (AvgIpc) is 2.84. The summed E-state index contributed by atoms with van der Waals surface area (Å²) in [5.41, 5.74) is 1.77. The molecule has 0 saturated carbocycles. The van der Waals surface area contributed by atoms with Gasteiger partial charge in [-0.1, -0.05) is 30.3 Å². The second kappa shape index (κ2) is 10.9. The molecule has 0 bridgehead atoms. The van der Waals surface area contributed by atoms with Gasteiger partial charge in [0.1, 0.15) is 11.9 Å². The van der Waals surface area contributed by atoms with E-state index < -0.39 is 23.2 Å². The maximum atomic E-state index is 13.8. The summed E-state index contributed by atoms with van der Waals surface area (Å²) in [6.07, 6.45) is 2.69. The van der Waals surface area contributed by atoms with Crippen LogP contribution in [0.15, 0.2) is 53.3 Å². The van der Waals surface area contributed by atoms with Crippen molar-refractivity contribution >= 4 is 34.9 Å². The zero-order valence-electron chi connectivity index (χ0n) is 22.0. The van der Waals surface area contributed by atoms with Crippen LogP contribution in [0.3, 0.4) is 0 Å². The molecule has 37 heavy (non-hydrogen) atoms. The lowest BCUT2D eigenvalue weighted by molar-refractivity contribution is -0.141. The van der Waals surface area contributed by atoms with Gasteiger partial charge in [-0.2, -0.15) is 0 Å². The van der Waals surface area contributed by atoms with Gasteiger partial charge in [-0.15, -0.1) is 0 Å². The molecule has 1 saturated heterocycles. The van der Waals surface area contributed by atoms with Gasteiger partial charge in [0.25, 0.3) is 10.0 Å². The summed E-state index contributed by atoms with van der Waals surface area (Å²) in [5.74, 6) is 1.91. The number of anilines is 1. The Morgan fingerprint density at radius 2 is 2.03 bits per heavy atom. The summed E-state index contributed by atoms with van der Waals surface area (Å²) < 4.78 is 51.7. The highest BCUT2D eigenvalue weighted by atomic mass is 32.2. The van der Waals surface area contributed by atoms with E-state index in [0.29, 0.717) is 17.9 Å². The number of sulfonamides is 1. The summed E-state index contributed by atoms with van der Waals surface area (Å²) in [6, 6.07) is 12.2. The number of hydrogen-bond acceptors (Lipinski definition) is 7. The maximum Gasteiger partial charge on any atom is 0.486 e. The minimum atomic E-state index is -3.89. The molecule has 0 amide bonds. The van der Waals surface area contributed by atoms with E-state index in [0.717, 1.165) is 17.5 Å². The molecule has 2 aliphatic heterocycles. The second-order valence-corrected chi connectivity index (χ2v) is 12.1. The molecule has 2 aromatic rings. The van der Waals surface area contributed by atoms with Crippen LogP contribution in [-0.4, -0.2) is 53.0 Å². The molecule has 0 radical (unpaired) electrons. The Labute approximate surface area is 219 Å². The van der Waals surface area contributed by atoms with Crippen LogP contribution in [0, 0.1) is 6.92 Å². The van der Waals surface area contributed by atoms with Crippen LogP contribution >= 0.6 is 0 Å². The maximum absolute atomic E-state index is 13.8. The van der Waals surface area contributed by atoms with Gasteiger partial charge in [-0.05, 0) is 75.9 Å². The first-order valence-corrected chi connectivity index (χ1v) is 13.9. The van der Waals surface area contributed by atoms with Gasteiger partial charge in [0, 0.05) is 12.5 Å². The van der Waals surface area contributed by atoms with Gasteiger partial charge >= 0.3 is 13.1 Å². The molecular weight excluding hydrogens is 493 g/mol. The number of aryl methyl sites for hydroxylation is 1. The van der Waals surface area contributed by atoms with Gasteiger partial charge in [0.2, 0.25) is 0 Å². The highest BCUT2D eigenvalue weighted by molar-refractivity contribution is 7.92. The number of benzene rings is 2. The molecule has 2 aromatic carbocycles. The van der Waals surface area contributed by atoms with Crippen molar-refractivity contribution in [2.75, 3.05) is 18.0 Å². The predicted molar refractivity (Wildman–Crippen MR) is 143 cm³/mol. The molecule has 0 aliphatic carbocycles. The number of fused-ring (bicyclic) bond motifs is 1. The van der Waals surface area contributed by atoms with Gasteiger partial charge in [-0.3, -0.25) is 9.10 Å². The van der Waals surface area contributed by atoms with Gasteiger partial charge in [0.15, 0.2) is 0 Å². The molecule has 2 heterocycles. The normalized spacial score (nSPS) is 21.4. The molecule has 198 valence electrons. The second-order valence-electron chi connectivity index (χ2n) is 10.2. The first-order chi connectivity index (χ1) is 17.5. The van der Waals surface area contributed by atoms with Gasteiger partial charge < -0.3 is 18.8 Å². The Balaban J connectivity index is 1.66. The molecule has 0 N–H and O–H groups in total. The van der Waals surface area contributed by atoms with Crippen molar-refractivity contribution in [3.63, 3.8) is 0 Å². The lowest BCUT2D eigenvalue weighted by atomic mass is 9.82. The summed E-state index contributed by atoms with van der Waals surface area (Å²) in [6.45, 7) is 8.02. The van der Waals surface area contributed by atoms with E-state index in [4.69, 9.17) is 18.8 Å². The fourth-order valence-corrected chi connectivity index (χ4v) is 6.33. The molecule has 0 aromatic heterocycles. The highest BCUT2D eigenvalue weighted by Gasteiger charge is 2.36. The monoisotopic (exact) mass is 527 g/mol. The summed E-state index contributed by atoms with van der Waals surface area (Å²) >= 11 is 0. The third-order valence-electron chi connectivity index (χ3n) is 6.42. The smallest absolute Gasteiger partial charge is 0.486 e. The third kappa shape index (κ3) is 6.55. The topological polar surface area (TPSA) is 91.4 Å². The number of nitrogens with zero attached hydrogens (tertiary/aromatic N) is 1. The standard InChI is InChI=1S/C27H34BNO7S/c1-19-7-6-8-23(15-19)37(31,32)29-18-22(10-12-26(30)33-5)34-25-11-9-21(16-24(25)29)13-14-28-35-20(2)17-27(3,4)36-28/h6-9,11,13-16,20,22H,10,12,17-18H2,1-5H3/b14-13+/t20?,22-/m0/s1. The first kappa shape index (κ1) is 27.2. The molecule has 1 unspecified atom stereocenters. The predicted octanol–water partition coefficient (Wildman–Crippen LogP) is 4.55. The molecule has 1 fully saturated rings. The number of hydrogen-bond donors (Lipinski definition) is 0. The van der Waals surface area contributed by atoms with Crippen molar-refractivity contribution < 1.29 is 32.0 Å². The molecule has 0 spiro atoms. The molecule has 4 rings (SSSR count). The van der Waals surface area contributed by atoms with Crippen LogP contribution in [0.5, 0.6) is 5.75 Å². The number of esters is 1. The van der Waals surface area contributed by atoms with Crippen molar-refractivity contribution in [2.24, 2.45) is 0 Å². The SMILES string of the molecule is COC(=O)CC[C@H]1CN(S(=O)(=O)c2cccc(C)c2)c2cc(/C=C/B3OC(C)CC(C)(C)O3)ccc2O1. The minimum absolute atomic E-state index is 0.0622. The third-order valence-corrected chi connectivity index (χ3v) is 8.19. The summed E-state index contributed by atoms with van der Waals surface area (Å²) in [5, 5.41) is 0. The summed E-state index contributed by atoms with van der Waals surface area (Å²) in [4.78, 5) is 11.9. The Bertz CT molecular complexity index is 1280. The lowest BCUT2D eigenvalue weighted by Crippen LogP contribution is -2.45. The zero-order chi connectivity index (χ0) is 26.8. The Hall–Kier alpha value is -2.82. The Kier molecular flexibility index (Phi) is 8.01. The van der Waals surface area contributed by atoms with E-state index in [9.17, 15) is 13.2 Å². The number of carbonyl (C=O) groups is 1. The van der Waals surface area contributed by atoms with Crippen molar-refractivity contribution in [3.8, 4) is 5.75 Å². The Morgan fingerprint density at radius 1 is 1.24 bits per heavy atom. The fourth-order valence-electron chi connectivity index (χ4n) is 4.73. The van der Waals surface area contributed by atoms with Crippen LogP contribution in [0.4, 0.5) is 5.69 Å². The van der Waals surface area contributed by atoms with E-state index in [1.54, 1.807) is 30.3 Å². The molecule has 2 aliphatic rings. The van der Waals surface area contributed by atoms with Crippen molar-refractivity contribution in [1.82, 2.24) is 0 Å². The number of rotatable bonds is 7. The molecular formula is C27H34BNO7S. The molecule has 2 atom stereocenters. The van der Waals surface area contributed by atoms with Gasteiger partial charge in [0.05, 0.1) is 29.8 Å². The average molecular weight is 527 g/mol. The molecule has 8 nitrogen and oxygen atoms in total. The number of methoxy groups -OCH3 is 1. The van der Waals surface area contributed by atoms with E-state index in [2.05, 4.69) is 0 Å². The van der Waals surface area contributed by atoms with E-state index >= 15 is 0 Å². The first-order valence-electron chi connectivity index (χ1n) is 12.5. The largest absolute Gasteiger partial charge is 0.486 e. The molecule has 10 heteroatoms. The minimum Gasteiger partial charge on any atom is -0.486 e. The fraction of sp³-hybridized carbons (Fsp3) is 0.444. The van der Waals surface area contributed by atoms with E-state index in [-0.39, 0.29) is 35.5 Å². The van der Waals surface area contributed by atoms with Crippen LogP contribution in [-0.2, 0) is 28.9 Å². The van der Waals surface area contributed by atoms with Crippen LogP contribution in [0.2, 0.25) is 0 Å². The number of carbonyl (C=O) groups excluding carboxylic acids is 1. The van der Waals surface area contributed by atoms with Crippen molar-refractivity contribution in [2.45, 2.75) is 69.7 Å². The van der Waals surface area contributed by atoms with Crippen molar-refractivity contribution in [3.05, 3.63) is 59.6 Å². The summed E-state index contributed by atoms with van der Waals surface area (Å²) in [7, 11) is -3.06. The van der Waals surface area contributed by atoms with Crippen LogP contribution in [0.1, 0.15) is 51.2 Å². The quantitative estimate of drug-likeness (QED) is 0.386. The van der Waals surface area contributed by atoms with Crippen LogP contribution in [0.25, 0.3) is 6.08 Å². The highest BCUT2D eigenvalue weighted by Crippen LogP contribution is 2.39. The lowest BCUT2D eigenvalue weighted by Gasteiger charge is -2.37.